The van der Waals surface area contributed by atoms with Crippen molar-refractivity contribution < 1.29 is 17.9 Å². The number of aromatic nitrogens is 2. The van der Waals surface area contributed by atoms with Crippen molar-refractivity contribution in [3.63, 3.8) is 0 Å². The molecule has 21 heavy (non-hydrogen) atoms. The van der Waals surface area contributed by atoms with Crippen LogP contribution in [0.2, 0.25) is 0 Å². The molecule has 3 rings (SSSR count). The molecule has 110 valence electrons. The summed E-state index contributed by atoms with van der Waals surface area (Å²) in [7, 11) is 0. The zero-order chi connectivity index (χ0) is 15.0. The quantitative estimate of drug-likeness (QED) is 0.747. The highest BCUT2D eigenvalue weighted by Gasteiger charge is 2.33. The molecular formula is C14H10BrF3N2O. The molecule has 1 aliphatic rings. The molecule has 1 fully saturated rings. The van der Waals surface area contributed by atoms with Crippen LogP contribution in [0.1, 0.15) is 24.6 Å². The molecule has 0 bridgehead atoms. The van der Waals surface area contributed by atoms with Gasteiger partial charge in [-0.1, -0.05) is 12.1 Å². The van der Waals surface area contributed by atoms with E-state index in [0.29, 0.717) is 27.6 Å². The number of hydrogen-bond acceptors (Lipinski definition) is 3. The van der Waals surface area contributed by atoms with Crippen molar-refractivity contribution in [2.45, 2.75) is 25.1 Å². The lowest BCUT2D eigenvalue weighted by Crippen LogP contribution is -2.17. The molecule has 0 spiro atoms. The van der Waals surface area contributed by atoms with Gasteiger partial charge in [0.1, 0.15) is 16.2 Å². The molecule has 0 radical (unpaired) electrons. The van der Waals surface area contributed by atoms with Gasteiger partial charge in [-0.25, -0.2) is 9.97 Å². The van der Waals surface area contributed by atoms with Crippen molar-refractivity contribution in [2.75, 3.05) is 0 Å². The summed E-state index contributed by atoms with van der Waals surface area (Å²) >= 11 is 3.28. The second-order valence-electron chi connectivity index (χ2n) is 4.75. The lowest BCUT2D eigenvalue weighted by Gasteiger charge is -2.13. The van der Waals surface area contributed by atoms with E-state index >= 15 is 0 Å². The van der Waals surface area contributed by atoms with Crippen LogP contribution in [0.15, 0.2) is 34.9 Å². The first kappa shape index (κ1) is 14.3. The van der Waals surface area contributed by atoms with Crippen molar-refractivity contribution in [3.8, 4) is 17.0 Å². The van der Waals surface area contributed by atoms with Crippen molar-refractivity contribution >= 4 is 15.9 Å². The van der Waals surface area contributed by atoms with Gasteiger partial charge in [0, 0.05) is 11.5 Å². The van der Waals surface area contributed by atoms with Gasteiger partial charge in [-0.3, -0.25) is 0 Å². The molecule has 7 heteroatoms. The SMILES string of the molecule is FC(F)(F)Oc1ccccc1-c1cc(Br)nc(C2CC2)n1. The van der Waals surface area contributed by atoms with Crippen LogP contribution in [0, 0.1) is 0 Å². The highest BCUT2D eigenvalue weighted by molar-refractivity contribution is 9.10. The topological polar surface area (TPSA) is 35.0 Å². The van der Waals surface area contributed by atoms with E-state index in [1.54, 1.807) is 18.2 Å². The Balaban J connectivity index is 2.04. The number of rotatable bonds is 3. The number of hydrogen-bond donors (Lipinski definition) is 0. The van der Waals surface area contributed by atoms with Gasteiger partial charge >= 0.3 is 6.36 Å². The average molecular weight is 359 g/mol. The van der Waals surface area contributed by atoms with Crippen LogP contribution in [0.5, 0.6) is 5.75 Å². The summed E-state index contributed by atoms with van der Waals surface area (Å²) in [6.07, 6.45) is -2.72. The zero-order valence-electron chi connectivity index (χ0n) is 10.7. The Kier molecular flexibility index (Phi) is 3.61. The molecule has 1 aliphatic carbocycles. The maximum Gasteiger partial charge on any atom is 0.573 e. The average Bonchev–Trinajstić information content (AvgIpc) is 3.21. The summed E-state index contributed by atoms with van der Waals surface area (Å²) in [6.45, 7) is 0. The molecule has 0 unspecified atom stereocenters. The smallest absolute Gasteiger partial charge is 0.405 e. The van der Waals surface area contributed by atoms with E-state index in [0.717, 1.165) is 12.8 Å². The number of halogens is 4. The van der Waals surface area contributed by atoms with Gasteiger partial charge in [-0.05, 0) is 47.0 Å². The van der Waals surface area contributed by atoms with E-state index in [1.807, 2.05) is 0 Å². The van der Waals surface area contributed by atoms with E-state index in [-0.39, 0.29) is 5.75 Å². The Labute approximate surface area is 127 Å². The maximum absolute atomic E-state index is 12.5. The van der Waals surface area contributed by atoms with Gasteiger partial charge in [-0.2, -0.15) is 0 Å². The highest BCUT2D eigenvalue weighted by Crippen LogP contribution is 2.40. The zero-order valence-corrected chi connectivity index (χ0v) is 12.3. The first-order chi connectivity index (χ1) is 9.92. The minimum Gasteiger partial charge on any atom is -0.405 e. The van der Waals surface area contributed by atoms with Gasteiger partial charge in [0.15, 0.2) is 0 Å². The lowest BCUT2D eigenvalue weighted by molar-refractivity contribution is -0.274. The molecule has 1 aromatic heterocycles. The predicted molar refractivity (Wildman–Crippen MR) is 73.8 cm³/mol. The van der Waals surface area contributed by atoms with E-state index in [4.69, 9.17) is 0 Å². The Hall–Kier alpha value is -1.63. The van der Waals surface area contributed by atoms with Gasteiger partial charge in [-0.15, -0.1) is 13.2 Å². The van der Waals surface area contributed by atoms with Gasteiger partial charge in [0.25, 0.3) is 0 Å². The fourth-order valence-corrected chi connectivity index (χ4v) is 2.39. The van der Waals surface area contributed by atoms with E-state index in [1.165, 1.54) is 12.1 Å². The third-order valence-electron chi connectivity index (χ3n) is 3.04. The summed E-state index contributed by atoms with van der Waals surface area (Å²) in [5, 5.41) is 0. The summed E-state index contributed by atoms with van der Waals surface area (Å²) in [4.78, 5) is 8.64. The van der Waals surface area contributed by atoms with Crippen LogP contribution in [0.25, 0.3) is 11.3 Å². The molecule has 0 aliphatic heterocycles. The number of alkyl halides is 3. The first-order valence-electron chi connectivity index (χ1n) is 6.32. The van der Waals surface area contributed by atoms with E-state index in [9.17, 15) is 13.2 Å². The molecule has 0 amide bonds. The molecular weight excluding hydrogens is 349 g/mol. The molecule has 1 saturated carbocycles. The largest absolute Gasteiger partial charge is 0.573 e. The molecule has 2 aromatic rings. The molecule has 3 nitrogen and oxygen atoms in total. The predicted octanol–water partition coefficient (Wildman–Crippen LogP) is 4.68. The second kappa shape index (κ2) is 5.29. The Morgan fingerprint density at radius 3 is 2.52 bits per heavy atom. The standard InChI is InChI=1S/C14H10BrF3N2O/c15-12-7-10(19-13(20-12)8-5-6-8)9-3-1-2-4-11(9)21-14(16,17)18/h1-4,7-8H,5-6H2. The Morgan fingerprint density at radius 1 is 1.14 bits per heavy atom. The first-order valence-corrected chi connectivity index (χ1v) is 7.11. The van der Waals surface area contributed by atoms with Crippen molar-refractivity contribution in [1.29, 1.82) is 0 Å². The van der Waals surface area contributed by atoms with Gasteiger partial charge < -0.3 is 4.74 Å². The highest BCUT2D eigenvalue weighted by atomic mass is 79.9. The van der Waals surface area contributed by atoms with Crippen LogP contribution >= 0.6 is 15.9 Å². The fourth-order valence-electron chi connectivity index (χ4n) is 1.99. The molecule has 1 aromatic carbocycles. The van der Waals surface area contributed by atoms with Crippen LogP contribution in [-0.2, 0) is 0 Å². The number of para-hydroxylation sites is 1. The Morgan fingerprint density at radius 2 is 1.86 bits per heavy atom. The van der Waals surface area contributed by atoms with Crippen molar-refractivity contribution in [1.82, 2.24) is 9.97 Å². The van der Waals surface area contributed by atoms with Crippen molar-refractivity contribution in [3.05, 3.63) is 40.8 Å². The minimum atomic E-state index is -4.74. The van der Waals surface area contributed by atoms with Crippen molar-refractivity contribution in [2.24, 2.45) is 0 Å². The number of benzene rings is 1. The van der Waals surface area contributed by atoms with Crippen LogP contribution < -0.4 is 4.74 Å². The normalized spacial score (nSPS) is 15.0. The Bertz CT molecular complexity index is 672. The van der Waals surface area contributed by atoms with Crippen LogP contribution in [0.4, 0.5) is 13.2 Å². The van der Waals surface area contributed by atoms with Gasteiger partial charge in [0.05, 0.1) is 5.69 Å². The van der Waals surface area contributed by atoms with E-state index in [2.05, 4.69) is 30.6 Å². The lowest BCUT2D eigenvalue weighted by atomic mass is 10.1. The third kappa shape index (κ3) is 3.53. The summed E-state index contributed by atoms with van der Waals surface area (Å²) in [5.74, 6) is 0.690. The minimum absolute atomic E-state index is 0.266. The fraction of sp³-hybridized carbons (Fsp3) is 0.286. The molecule has 1 heterocycles. The summed E-state index contributed by atoms with van der Waals surface area (Å²) < 4.78 is 42.0. The maximum atomic E-state index is 12.5. The second-order valence-corrected chi connectivity index (χ2v) is 5.56. The molecule has 0 atom stereocenters. The summed E-state index contributed by atoms with van der Waals surface area (Å²) in [6, 6.07) is 7.54. The van der Waals surface area contributed by atoms with Gasteiger partial charge in [0.2, 0.25) is 0 Å². The monoisotopic (exact) mass is 358 g/mol. The molecule has 0 saturated heterocycles. The molecule has 0 N–H and O–H groups in total. The van der Waals surface area contributed by atoms with Crippen LogP contribution in [-0.4, -0.2) is 16.3 Å². The third-order valence-corrected chi connectivity index (χ3v) is 3.45. The van der Waals surface area contributed by atoms with Crippen LogP contribution in [0.3, 0.4) is 0 Å². The van der Waals surface area contributed by atoms with E-state index < -0.39 is 6.36 Å². The summed E-state index contributed by atoms with van der Waals surface area (Å²) in [5.41, 5.74) is 0.707. The number of ether oxygens (including phenoxy) is 1. The number of nitrogens with zero attached hydrogens (tertiary/aromatic N) is 2.